The summed E-state index contributed by atoms with van der Waals surface area (Å²) < 4.78 is 33.6. The first-order valence-corrected chi connectivity index (χ1v) is 31.8. The average Bonchev–Trinajstić information content (AvgIpc) is 2.45. The first-order chi connectivity index (χ1) is 42.4. The molecule has 0 unspecified atom stereocenters. The summed E-state index contributed by atoms with van der Waals surface area (Å²) in [5.74, 6) is -5.51. The van der Waals surface area contributed by atoms with Crippen LogP contribution in [0.15, 0.2) is 36.4 Å². The van der Waals surface area contributed by atoms with E-state index in [9.17, 15) is 57.8 Å². The van der Waals surface area contributed by atoms with Gasteiger partial charge in [-0.3, -0.25) is 72.4 Å². The summed E-state index contributed by atoms with van der Waals surface area (Å²) in [4.78, 5) is 149. The van der Waals surface area contributed by atoms with Crippen LogP contribution in [0.5, 0.6) is 0 Å². The number of thioether (sulfide) groups is 1. The molecule has 0 spiro atoms. The molecule has 7 amide bonds. The third-order valence-corrected chi connectivity index (χ3v) is 13.8. The molecule has 1 aromatic carbocycles. The van der Waals surface area contributed by atoms with Gasteiger partial charge in [-0.1, -0.05) is 12.1 Å². The van der Waals surface area contributed by atoms with E-state index in [4.69, 9.17) is 28.4 Å². The number of hydrogen-bond acceptors (Lipinski definition) is 22. The minimum Gasteiger partial charge on any atom is -0.480 e. The number of rotatable bonds is 36. The summed E-state index contributed by atoms with van der Waals surface area (Å²) in [6, 6.07) is 4.13. The van der Waals surface area contributed by atoms with Crippen molar-refractivity contribution in [3.63, 3.8) is 0 Å². The molecule has 28 nitrogen and oxygen atoms in total. The Morgan fingerprint density at radius 3 is 1.54 bits per heavy atom. The summed E-state index contributed by atoms with van der Waals surface area (Å²) in [6.45, 7) is 20.1. The Labute approximate surface area is 533 Å². The molecule has 1 fully saturated rings. The van der Waals surface area contributed by atoms with Crippen LogP contribution >= 0.6 is 11.8 Å². The number of esters is 3. The Morgan fingerprint density at radius 2 is 1.06 bits per heavy atom. The van der Waals surface area contributed by atoms with Crippen LogP contribution in [0.1, 0.15) is 104 Å². The van der Waals surface area contributed by atoms with Gasteiger partial charge in [0.05, 0.1) is 65.8 Å². The number of hydrogen-bond donors (Lipinski definition) is 6. The van der Waals surface area contributed by atoms with E-state index < -0.39 is 88.8 Å². The zero-order valence-electron chi connectivity index (χ0n) is 54.2. The van der Waals surface area contributed by atoms with Crippen molar-refractivity contribution in [3.05, 3.63) is 47.5 Å². The van der Waals surface area contributed by atoms with Gasteiger partial charge in [0.2, 0.25) is 23.6 Å². The molecule has 2 aliphatic heterocycles. The average molecular weight is 1290 g/mol. The summed E-state index contributed by atoms with van der Waals surface area (Å²) in [6.07, 6.45) is 5.00. The second-order valence-corrected chi connectivity index (χ2v) is 25.6. The van der Waals surface area contributed by atoms with Crippen molar-refractivity contribution in [2.75, 3.05) is 150 Å². The van der Waals surface area contributed by atoms with Crippen LogP contribution in [-0.2, 0) is 82.9 Å². The zero-order chi connectivity index (χ0) is 66.9. The predicted molar refractivity (Wildman–Crippen MR) is 334 cm³/mol. The highest BCUT2D eigenvalue weighted by Crippen LogP contribution is 2.14. The van der Waals surface area contributed by atoms with E-state index >= 15 is 0 Å². The second-order valence-electron chi connectivity index (χ2n) is 24.6. The fourth-order valence-corrected chi connectivity index (χ4v) is 9.36. The minimum absolute atomic E-state index is 0.00377. The van der Waals surface area contributed by atoms with E-state index in [1.54, 1.807) is 86.6 Å². The summed E-state index contributed by atoms with van der Waals surface area (Å²) >= 11 is 1.44. The quantitative estimate of drug-likeness (QED) is 0.0228. The van der Waals surface area contributed by atoms with Gasteiger partial charge in [-0.2, -0.15) is 11.8 Å². The fourth-order valence-electron chi connectivity index (χ4n) is 8.89. The lowest BCUT2D eigenvalue weighted by Crippen LogP contribution is -2.51. The Bertz CT molecular complexity index is 2490. The minimum atomic E-state index is -1.29. The van der Waals surface area contributed by atoms with Crippen LogP contribution in [0.25, 0.3) is 0 Å². The molecule has 0 saturated carbocycles. The Morgan fingerprint density at radius 1 is 0.567 bits per heavy atom. The first kappa shape index (κ1) is 77.6. The molecule has 90 heavy (non-hydrogen) atoms. The Balaban J connectivity index is 1.39. The normalized spacial score (nSPS) is 15.8. The van der Waals surface area contributed by atoms with Crippen molar-refractivity contribution in [2.24, 2.45) is 0 Å². The van der Waals surface area contributed by atoms with Crippen LogP contribution in [-0.4, -0.2) is 274 Å². The third kappa shape index (κ3) is 35.1. The van der Waals surface area contributed by atoms with Crippen LogP contribution < -0.4 is 26.6 Å². The second kappa shape index (κ2) is 40.3. The van der Waals surface area contributed by atoms with Crippen LogP contribution in [0.4, 0.5) is 0 Å². The van der Waals surface area contributed by atoms with E-state index in [1.165, 1.54) is 11.8 Å². The third-order valence-electron chi connectivity index (χ3n) is 13.2. The largest absolute Gasteiger partial charge is 0.480 e. The van der Waals surface area contributed by atoms with E-state index in [0.717, 1.165) is 17.1 Å². The van der Waals surface area contributed by atoms with Gasteiger partial charge in [0.15, 0.2) is 0 Å². The van der Waals surface area contributed by atoms with Gasteiger partial charge in [0.25, 0.3) is 17.7 Å². The topological polar surface area (TPSA) is 340 Å². The van der Waals surface area contributed by atoms with E-state index in [2.05, 4.69) is 26.6 Å². The Kier molecular flexibility index (Phi) is 34.8. The molecular weight excluding hydrogens is 1190 g/mol. The number of carboxylic acids is 1. The highest BCUT2D eigenvalue weighted by atomic mass is 32.2. The molecule has 2 atom stereocenters. The maximum atomic E-state index is 13.4. The van der Waals surface area contributed by atoms with Crippen LogP contribution in [0, 0.1) is 0 Å². The number of nitrogens with zero attached hydrogens (tertiary/aromatic N) is 5. The molecular formula is C61H98N10O18S. The SMILES string of the molecule is CSCC[C@H](NC(=O)c1cccc(CNC(=O)COCCOCCOCCNC(=O)CN2CCN(CC(=O)OC(C)(C)C)CCN(CC(=O)OC(C)(C)C)CCN(CC(=O)OC(C)(C)C)CC2)c1)C(=O)NCC(=O)N[C@@H](CCCCN1C(=O)C=CC1=O)C(=O)O. The van der Waals surface area contributed by atoms with Gasteiger partial charge >= 0.3 is 23.9 Å². The molecule has 1 aromatic rings. The van der Waals surface area contributed by atoms with Gasteiger partial charge in [0, 0.05) is 89.7 Å². The molecule has 29 heteroatoms. The highest BCUT2D eigenvalue weighted by molar-refractivity contribution is 7.98. The molecule has 0 radical (unpaired) electrons. The molecule has 0 bridgehead atoms. The lowest BCUT2D eigenvalue weighted by Gasteiger charge is -2.34. The summed E-state index contributed by atoms with van der Waals surface area (Å²) in [5.41, 5.74) is -1.25. The first-order valence-electron chi connectivity index (χ1n) is 30.4. The fraction of sp³-hybridized carbons (Fsp3) is 0.689. The maximum absolute atomic E-state index is 13.4. The van der Waals surface area contributed by atoms with Crippen molar-refractivity contribution in [1.82, 2.24) is 51.1 Å². The van der Waals surface area contributed by atoms with Crippen molar-refractivity contribution in [3.8, 4) is 0 Å². The predicted octanol–water partition coefficient (Wildman–Crippen LogP) is 0.348. The van der Waals surface area contributed by atoms with Crippen LogP contribution in [0.3, 0.4) is 0 Å². The number of amides is 7. The number of ether oxygens (including phenoxy) is 6. The highest BCUT2D eigenvalue weighted by Gasteiger charge is 2.29. The molecule has 2 aliphatic rings. The zero-order valence-corrected chi connectivity index (χ0v) is 55.1. The summed E-state index contributed by atoms with van der Waals surface area (Å²) in [7, 11) is 0. The van der Waals surface area contributed by atoms with Crippen molar-refractivity contribution < 1.29 is 86.3 Å². The van der Waals surface area contributed by atoms with Crippen molar-refractivity contribution in [2.45, 2.75) is 123 Å². The molecule has 1 saturated heterocycles. The number of carboxylic acid groups (broad SMARTS) is 1. The molecule has 0 aliphatic carbocycles. The molecule has 0 aromatic heterocycles. The number of carbonyl (C=O) groups is 11. The van der Waals surface area contributed by atoms with E-state index in [1.807, 2.05) is 25.9 Å². The van der Waals surface area contributed by atoms with Gasteiger partial charge in [-0.05, 0) is 118 Å². The number of aliphatic carboxylic acids is 1. The van der Waals surface area contributed by atoms with Crippen molar-refractivity contribution >= 4 is 77.0 Å². The summed E-state index contributed by atoms with van der Waals surface area (Å²) in [5, 5.41) is 22.8. The number of nitrogens with one attached hydrogen (secondary N) is 5. The number of unbranched alkanes of at least 4 members (excludes halogenated alkanes) is 1. The van der Waals surface area contributed by atoms with E-state index in [-0.39, 0.29) is 122 Å². The number of benzene rings is 1. The van der Waals surface area contributed by atoms with Gasteiger partial charge in [-0.15, -0.1) is 0 Å². The Hall–Kier alpha value is -6.60. The lowest BCUT2D eigenvalue weighted by atomic mass is 10.1. The standard InChI is InChI=1S/C61H98N10O18S/c1-59(2,3)87-53(77)40-68-24-22-67(23-25-69(41-54(78)88-60(4,5)6)27-29-70(28-26-68)42-55(79)89-61(7,8)9)39-49(73)62-20-30-84-31-32-85-33-34-86-43-50(74)63-37-44-14-13-15-45(36-44)56(80)66-46(19-35-90-10)57(81)64-38-48(72)65-47(58(82)83)16-11-12-21-71-51(75)17-18-52(71)76/h13-15,17-18,36,46-47H,11-12,16,19-35,37-43H2,1-10H3,(H,62,73)(H,63,74)(H,64,81)(H,65,72)(H,66,80)(H,82,83)/t46-,47-/m0/s1. The molecule has 506 valence electrons. The molecule has 2 heterocycles. The molecule has 6 N–H and O–H groups in total. The van der Waals surface area contributed by atoms with Crippen molar-refractivity contribution in [1.29, 1.82) is 0 Å². The van der Waals surface area contributed by atoms with E-state index in [0.29, 0.717) is 70.1 Å². The smallest absolute Gasteiger partial charge is 0.326 e. The van der Waals surface area contributed by atoms with Gasteiger partial charge < -0.3 is 60.1 Å². The van der Waals surface area contributed by atoms with Crippen LogP contribution in [0.2, 0.25) is 0 Å². The monoisotopic (exact) mass is 1290 g/mol. The van der Waals surface area contributed by atoms with Gasteiger partial charge in [-0.25, -0.2) is 4.79 Å². The molecule has 3 rings (SSSR count). The van der Waals surface area contributed by atoms with Gasteiger partial charge in [0.1, 0.15) is 35.5 Å². The number of carbonyl (C=O) groups excluding carboxylic acids is 10. The maximum Gasteiger partial charge on any atom is 0.326 e. The number of imide groups is 1. The lowest BCUT2D eigenvalue weighted by molar-refractivity contribution is -0.158.